The zero-order chi connectivity index (χ0) is 20.5. The van der Waals surface area contributed by atoms with E-state index in [0.29, 0.717) is 31.8 Å². The maximum atomic E-state index is 13.9. The predicted octanol–water partition coefficient (Wildman–Crippen LogP) is 3.39. The van der Waals surface area contributed by atoms with E-state index in [9.17, 15) is 14.4 Å². The van der Waals surface area contributed by atoms with Gasteiger partial charge in [0.2, 0.25) is 0 Å². The third-order valence-electron chi connectivity index (χ3n) is 5.34. The summed E-state index contributed by atoms with van der Waals surface area (Å²) in [6, 6.07) is 5.20. The molecule has 3 rings (SSSR count). The molecule has 1 amide bonds. The van der Waals surface area contributed by atoms with Crippen LogP contribution in [0.5, 0.6) is 0 Å². The van der Waals surface area contributed by atoms with Gasteiger partial charge in [0.25, 0.3) is 0 Å². The highest BCUT2D eigenvalue weighted by molar-refractivity contribution is 5.68. The van der Waals surface area contributed by atoms with Gasteiger partial charge in [-0.25, -0.2) is 9.18 Å². The highest BCUT2D eigenvalue weighted by Gasteiger charge is 2.35. The van der Waals surface area contributed by atoms with Crippen LogP contribution in [0.15, 0.2) is 12.1 Å². The van der Waals surface area contributed by atoms with Crippen molar-refractivity contribution in [1.82, 2.24) is 9.80 Å². The molecule has 2 atom stereocenters. The molecule has 0 radical (unpaired) electrons. The molecular formula is C21H28FN3O3. The van der Waals surface area contributed by atoms with Gasteiger partial charge in [-0.3, -0.25) is 4.90 Å². The molecule has 7 heteroatoms. The Morgan fingerprint density at radius 2 is 2.07 bits per heavy atom. The first-order valence-electron chi connectivity index (χ1n) is 9.72. The number of carbonyl (C=O) groups excluding carboxylic acids is 1. The van der Waals surface area contributed by atoms with Gasteiger partial charge in [-0.15, -0.1) is 0 Å². The van der Waals surface area contributed by atoms with Crippen LogP contribution in [-0.2, 0) is 9.47 Å². The van der Waals surface area contributed by atoms with Gasteiger partial charge < -0.3 is 14.4 Å². The van der Waals surface area contributed by atoms with Crippen LogP contribution in [0.1, 0.15) is 50.0 Å². The minimum atomic E-state index is -0.509. The molecule has 28 heavy (non-hydrogen) atoms. The van der Waals surface area contributed by atoms with Gasteiger partial charge in [-0.1, -0.05) is 6.07 Å². The number of ether oxygens (including phenoxy) is 2. The van der Waals surface area contributed by atoms with E-state index in [1.807, 2.05) is 26.8 Å². The lowest BCUT2D eigenvalue weighted by atomic mass is 9.97. The molecule has 1 aromatic carbocycles. The largest absolute Gasteiger partial charge is 0.444 e. The molecule has 0 aliphatic carbocycles. The lowest BCUT2D eigenvalue weighted by molar-refractivity contribution is 0.00193. The topological polar surface area (TPSA) is 65.8 Å². The van der Waals surface area contributed by atoms with Crippen LogP contribution in [0.2, 0.25) is 0 Å². The van der Waals surface area contributed by atoms with Gasteiger partial charge in [-0.05, 0) is 51.3 Å². The highest BCUT2D eigenvalue weighted by atomic mass is 19.1. The Labute approximate surface area is 165 Å². The van der Waals surface area contributed by atoms with Crippen molar-refractivity contribution in [1.29, 1.82) is 5.26 Å². The molecule has 0 N–H and O–H groups in total. The van der Waals surface area contributed by atoms with Crippen LogP contribution in [0.25, 0.3) is 0 Å². The molecule has 1 aromatic rings. The highest BCUT2D eigenvalue weighted by Crippen LogP contribution is 2.30. The van der Waals surface area contributed by atoms with Gasteiger partial charge >= 0.3 is 6.09 Å². The van der Waals surface area contributed by atoms with E-state index in [1.54, 1.807) is 17.9 Å². The van der Waals surface area contributed by atoms with E-state index < -0.39 is 11.4 Å². The molecule has 152 valence electrons. The van der Waals surface area contributed by atoms with E-state index in [-0.39, 0.29) is 23.8 Å². The first-order valence-corrected chi connectivity index (χ1v) is 9.72. The van der Waals surface area contributed by atoms with Gasteiger partial charge in [0.15, 0.2) is 0 Å². The van der Waals surface area contributed by atoms with Crippen molar-refractivity contribution >= 4 is 6.09 Å². The van der Waals surface area contributed by atoms with Crippen LogP contribution < -0.4 is 0 Å². The second kappa shape index (κ2) is 8.06. The molecule has 2 fully saturated rings. The lowest BCUT2D eigenvalue weighted by Crippen LogP contribution is -2.55. The van der Waals surface area contributed by atoms with Crippen molar-refractivity contribution in [3.8, 4) is 6.07 Å². The van der Waals surface area contributed by atoms with Crippen molar-refractivity contribution in [2.45, 2.75) is 51.9 Å². The summed E-state index contributed by atoms with van der Waals surface area (Å²) in [6.07, 6.45) is 0.314. The van der Waals surface area contributed by atoms with Crippen molar-refractivity contribution in [3.63, 3.8) is 0 Å². The van der Waals surface area contributed by atoms with Crippen LogP contribution in [0, 0.1) is 24.1 Å². The summed E-state index contributed by atoms with van der Waals surface area (Å²) in [4.78, 5) is 16.5. The number of hydrogen-bond acceptors (Lipinski definition) is 5. The number of piperazine rings is 1. The van der Waals surface area contributed by atoms with Crippen LogP contribution in [0.3, 0.4) is 0 Å². The molecule has 6 nitrogen and oxygen atoms in total. The molecule has 0 saturated carbocycles. The van der Waals surface area contributed by atoms with E-state index >= 15 is 0 Å². The van der Waals surface area contributed by atoms with Gasteiger partial charge in [0.05, 0.1) is 11.7 Å². The van der Waals surface area contributed by atoms with Crippen molar-refractivity contribution in [2.24, 2.45) is 0 Å². The Balaban J connectivity index is 1.71. The maximum absolute atomic E-state index is 13.9. The number of carbonyl (C=O) groups is 1. The van der Waals surface area contributed by atoms with Gasteiger partial charge in [0, 0.05) is 38.8 Å². The van der Waals surface area contributed by atoms with Crippen molar-refractivity contribution in [3.05, 3.63) is 34.6 Å². The average Bonchev–Trinajstić information content (AvgIpc) is 2.82. The minimum absolute atomic E-state index is 0.0802. The number of benzene rings is 1. The Morgan fingerprint density at radius 1 is 1.32 bits per heavy atom. The van der Waals surface area contributed by atoms with E-state index in [1.165, 1.54) is 6.07 Å². The molecule has 2 saturated heterocycles. The Kier molecular flexibility index (Phi) is 5.92. The molecular weight excluding hydrogens is 361 g/mol. The Hall–Kier alpha value is -2.17. The quantitative estimate of drug-likeness (QED) is 0.737. The number of nitriles is 1. The summed E-state index contributed by atoms with van der Waals surface area (Å²) in [6.45, 7) is 10.5. The number of amides is 1. The SMILES string of the molecule is Cc1c(C2CN3CCN(C(=O)OC(C)(C)C)C[C@H]3CCO2)ccc(F)c1C#N. The van der Waals surface area contributed by atoms with E-state index in [0.717, 1.165) is 18.5 Å². The molecule has 2 aliphatic rings. The first-order chi connectivity index (χ1) is 13.2. The fourth-order valence-corrected chi connectivity index (χ4v) is 3.88. The number of rotatable bonds is 1. The fourth-order valence-electron chi connectivity index (χ4n) is 3.88. The van der Waals surface area contributed by atoms with Crippen molar-refractivity contribution in [2.75, 3.05) is 32.8 Å². The second-order valence-corrected chi connectivity index (χ2v) is 8.47. The molecule has 2 heterocycles. The third kappa shape index (κ3) is 4.45. The van der Waals surface area contributed by atoms with Crippen molar-refractivity contribution < 1.29 is 18.7 Å². The average molecular weight is 389 g/mol. The monoisotopic (exact) mass is 389 g/mol. The molecule has 1 unspecified atom stereocenters. The van der Waals surface area contributed by atoms with Gasteiger partial charge in [0.1, 0.15) is 17.5 Å². The first kappa shape index (κ1) is 20.6. The number of hydrogen-bond donors (Lipinski definition) is 0. The summed E-state index contributed by atoms with van der Waals surface area (Å²) < 4.78 is 25.4. The van der Waals surface area contributed by atoms with Crippen LogP contribution in [0.4, 0.5) is 9.18 Å². The maximum Gasteiger partial charge on any atom is 0.410 e. The predicted molar refractivity (Wildman–Crippen MR) is 102 cm³/mol. The summed E-state index contributed by atoms with van der Waals surface area (Å²) in [7, 11) is 0. The van der Waals surface area contributed by atoms with E-state index in [4.69, 9.17) is 9.47 Å². The summed E-state index contributed by atoms with van der Waals surface area (Å²) in [5.74, 6) is -0.499. The summed E-state index contributed by atoms with van der Waals surface area (Å²) >= 11 is 0. The number of fused-ring (bicyclic) bond motifs is 1. The smallest absolute Gasteiger partial charge is 0.410 e. The minimum Gasteiger partial charge on any atom is -0.444 e. The second-order valence-electron chi connectivity index (χ2n) is 8.47. The zero-order valence-electron chi connectivity index (χ0n) is 17.0. The Morgan fingerprint density at radius 3 is 2.75 bits per heavy atom. The third-order valence-corrected chi connectivity index (χ3v) is 5.34. The standard InChI is InChI=1S/C21H28FN3O3/c1-14-16(5-6-18(22)17(14)11-23)19-13-24-8-9-25(12-15(24)7-10-27-19)20(26)28-21(2,3)4/h5-6,15,19H,7-10,12-13H2,1-4H3/t15-,19?/m1/s1. The Bertz CT molecular complexity index is 784. The molecule has 0 spiro atoms. The molecule has 0 bridgehead atoms. The fraction of sp³-hybridized carbons (Fsp3) is 0.619. The molecule has 2 aliphatic heterocycles. The number of nitrogens with zero attached hydrogens (tertiary/aromatic N) is 3. The van der Waals surface area contributed by atoms with Crippen LogP contribution in [-0.4, -0.2) is 60.3 Å². The van der Waals surface area contributed by atoms with Gasteiger partial charge in [-0.2, -0.15) is 5.26 Å². The normalized spacial score (nSPS) is 23.5. The summed E-state index contributed by atoms with van der Waals surface area (Å²) in [5, 5.41) is 9.24. The summed E-state index contributed by atoms with van der Waals surface area (Å²) in [5.41, 5.74) is 1.06. The van der Waals surface area contributed by atoms with E-state index in [2.05, 4.69) is 4.90 Å². The molecule has 0 aromatic heterocycles. The zero-order valence-corrected chi connectivity index (χ0v) is 17.0. The lowest BCUT2D eigenvalue weighted by Gasteiger charge is -2.41. The van der Waals surface area contributed by atoms with Crippen LogP contribution >= 0.6 is 0 Å². The number of halogens is 1.